The van der Waals surface area contributed by atoms with Crippen LogP contribution in [0.4, 0.5) is 0 Å². The lowest BCUT2D eigenvalue weighted by Crippen LogP contribution is -2.44. The Morgan fingerprint density at radius 3 is 2.48 bits per heavy atom. The molecule has 1 saturated carbocycles. The molecule has 1 heterocycles. The van der Waals surface area contributed by atoms with Gasteiger partial charge in [0.05, 0.1) is 0 Å². The maximum absolute atomic E-state index is 11.8. The summed E-state index contributed by atoms with van der Waals surface area (Å²) >= 11 is 0. The van der Waals surface area contributed by atoms with Crippen molar-refractivity contribution in [3.63, 3.8) is 0 Å². The fraction of sp³-hybridized carbons (Fsp3) is 0.692. The molecule has 2 rings (SSSR count). The zero-order valence-corrected chi connectivity index (χ0v) is 12.0. The molecule has 1 aliphatic carbocycles. The third-order valence-corrected chi connectivity index (χ3v) is 3.67. The highest BCUT2D eigenvalue weighted by Gasteiger charge is 2.24. The van der Waals surface area contributed by atoms with Crippen molar-refractivity contribution in [1.29, 1.82) is 0 Å². The van der Waals surface area contributed by atoms with Crippen LogP contribution in [0.1, 0.15) is 49.1 Å². The average Bonchev–Trinajstić information content (AvgIpc) is 3.01. The Bertz CT molecular complexity index is 453. The molecule has 1 fully saturated rings. The van der Waals surface area contributed by atoms with E-state index in [1.807, 2.05) is 0 Å². The van der Waals surface area contributed by atoms with Crippen LogP contribution in [0, 0.1) is 0 Å². The average molecular weight is 294 g/mol. The molecule has 0 aliphatic heterocycles. The summed E-state index contributed by atoms with van der Waals surface area (Å²) in [6, 6.07) is 0.327. The second-order valence-corrected chi connectivity index (χ2v) is 5.32. The van der Waals surface area contributed by atoms with E-state index in [1.165, 1.54) is 6.33 Å². The number of nitrogens with zero attached hydrogens (tertiary/aromatic N) is 2. The van der Waals surface area contributed by atoms with E-state index in [9.17, 15) is 9.59 Å². The molecule has 8 heteroatoms. The van der Waals surface area contributed by atoms with Gasteiger partial charge in [-0.05, 0) is 38.6 Å². The topological polar surface area (TPSA) is 126 Å². The van der Waals surface area contributed by atoms with Gasteiger partial charge < -0.3 is 21.4 Å². The normalized spacial score (nSPS) is 21.8. The lowest BCUT2D eigenvalue weighted by atomic mass is 9.91. The summed E-state index contributed by atoms with van der Waals surface area (Å²) in [6.07, 6.45) is 6.02. The molecule has 5 N–H and O–H groups in total. The molecule has 0 aromatic carbocycles. The van der Waals surface area contributed by atoms with Gasteiger partial charge in [-0.2, -0.15) is 0 Å². The van der Waals surface area contributed by atoms with E-state index < -0.39 is 0 Å². The highest BCUT2D eigenvalue weighted by atomic mass is 16.2. The van der Waals surface area contributed by atoms with Gasteiger partial charge >= 0.3 is 0 Å². The summed E-state index contributed by atoms with van der Waals surface area (Å²) in [6.45, 7) is 0.536. The second-order valence-electron chi connectivity index (χ2n) is 5.32. The molecule has 116 valence electrons. The van der Waals surface area contributed by atoms with Crippen molar-refractivity contribution >= 4 is 11.8 Å². The number of hydrogen-bond acceptors (Lipinski definition) is 5. The van der Waals surface area contributed by atoms with E-state index in [4.69, 9.17) is 5.73 Å². The monoisotopic (exact) mass is 294 g/mol. The van der Waals surface area contributed by atoms with E-state index in [0.717, 1.165) is 25.7 Å². The number of nitrogens with one attached hydrogen (secondary N) is 3. The number of nitrogens with two attached hydrogens (primary N) is 1. The van der Waals surface area contributed by atoms with E-state index in [0.29, 0.717) is 19.4 Å². The van der Waals surface area contributed by atoms with Crippen molar-refractivity contribution in [2.75, 3.05) is 6.54 Å². The second kappa shape index (κ2) is 7.72. The summed E-state index contributed by atoms with van der Waals surface area (Å²) in [5, 5.41) is 13.2. The summed E-state index contributed by atoms with van der Waals surface area (Å²) in [5.41, 5.74) is 5.38. The fourth-order valence-corrected chi connectivity index (χ4v) is 2.51. The molecule has 1 aromatic heterocycles. The summed E-state index contributed by atoms with van der Waals surface area (Å²) < 4.78 is 0. The van der Waals surface area contributed by atoms with Gasteiger partial charge in [0.25, 0.3) is 5.91 Å². The predicted octanol–water partition coefficient (Wildman–Crippen LogP) is -0.299. The summed E-state index contributed by atoms with van der Waals surface area (Å²) in [7, 11) is 0. The first-order chi connectivity index (χ1) is 10.2. The van der Waals surface area contributed by atoms with Crippen LogP contribution in [0.3, 0.4) is 0 Å². The number of hydrogen-bond donors (Lipinski definition) is 4. The predicted molar refractivity (Wildman–Crippen MR) is 76.3 cm³/mol. The smallest absolute Gasteiger partial charge is 0.289 e. The number of carbonyl (C=O) groups is 2. The number of rotatable bonds is 6. The minimum Gasteiger partial charge on any atom is -0.353 e. The van der Waals surface area contributed by atoms with Gasteiger partial charge in [0.1, 0.15) is 6.33 Å². The SMILES string of the molecule is NCCCC(=O)N[C@H]1CC[C@H](NC(=O)c2nnc[nH]2)CC1. The molecular formula is C13H22N6O2. The quantitative estimate of drug-likeness (QED) is 0.573. The minimum atomic E-state index is -0.233. The van der Waals surface area contributed by atoms with Crippen LogP contribution in [0.5, 0.6) is 0 Å². The van der Waals surface area contributed by atoms with Crippen LogP contribution >= 0.6 is 0 Å². The van der Waals surface area contributed by atoms with E-state index in [2.05, 4.69) is 25.8 Å². The van der Waals surface area contributed by atoms with Crippen molar-refractivity contribution in [3.8, 4) is 0 Å². The number of amides is 2. The van der Waals surface area contributed by atoms with E-state index in [-0.39, 0.29) is 29.7 Å². The van der Waals surface area contributed by atoms with Crippen molar-refractivity contribution in [2.45, 2.75) is 50.6 Å². The first-order valence-corrected chi connectivity index (χ1v) is 7.35. The van der Waals surface area contributed by atoms with Gasteiger partial charge in [-0.1, -0.05) is 0 Å². The van der Waals surface area contributed by atoms with E-state index in [1.54, 1.807) is 0 Å². The largest absolute Gasteiger partial charge is 0.353 e. The van der Waals surface area contributed by atoms with E-state index >= 15 is 0 Å². The Hall–Kier alpha value is -1.96. The Labute approximate surface area is 123 Å². The minimum absolute atomic E-state index is 0.0644. The molecule has 0 bridgehead atoms. The maximum Gasteiger partial charge on any atom is 0.289 e. The van der Waals surface area contributed by atoms with Crippen LogP contribution in [-0.2, 0) is 4.79 Å². The van der Waals surface area contributed by atoms with Crippen LogP contribution in [-0.4, -0.2) is 45.6 Å². The third kappa shape index (κ3) is 4.82. The van der Waals surface area contributed by atoms with Crippen molar-refractivity contribution < 1.29 is 9.59 Å². The molecular weight excluding hydrogens is 272 g/mol. The van der Waals surface area contributed by atoms with Crippen molar-refractivity contribution in [3.05, 3.63) is 12.2 Å². The molecule has 2 amide bonds. The van der Waals surface area contributed by atoms with Crippen LogP contribution in [0.2, 0.25) is 0 Å². The van der Waals surface area contributed by atoms with Gasteiger partial charge in [0.15, 0.2) is 0 Å². The fourth-order valence-electron chi connectivity index (χ4n) is 2.51. The Kier molecular flexibility index (Phi) is 5.68. The maximum atomic E-state index is 11.8. The van der Waals surface area contributed by atoms with Crippen LogP contribution in [0.25, 0.3) is 0 Å². The Morgan fingerprint density at radius 1 is 1.24 bits per heavy atom. The van der Waals surface area contributed by atoms with Gasteiger partial charge in [0.2, 0.25) is 11.7 Å². The number of aromatic amines is 1. The van der Waals surface area contributed by atoms with Crippen molar-refractivity contribution in [1.82, 2.24) is 25.8 Å². The first-order valence-electron chi connectivity index (χ1n) is 7.35. The van der Waals surface area contributed by atoms with Crippen molar-refractivity contribution in [2.24, 2.45) is 5.73 Å². The van der Waals surface area contributed by atoms with Gasteiger partial charge in [-0.25, -0.2) is 0 Å². The number of H-pyrrole nitrogens is 1. The molecule has 0 saturated heterocycles. The molecule has 1 aliphatic rings. The molecule has 21 heavy (non-hydrogen) atoms. The lowest BCUT2D eigenvalue weighted by Gasteiger charge is -2.29. The molecule has 8 nitrogen and oxygen atoms in total. The van der Waals surface area contributed by atoms with Gasteiger partial charge in [-0.3, -0.25) is 9.59 Å². The van der Waals surface area contributed by atoms with Gasteiger partial charge in [0, 0.05) is 18.5 Å². The third-order valence-electron chi connectivity index (χ3n) is 3.67. The first kappa shape index (κ1) is 15.4. The molecule has 0 radical (unpaired) electrons. The number of carbonyl (C=O) groups excluding carboxylic acids is 2. The molecule has 0 atom stereocenters. The standard InChI is InChI=1S/C13H22N6O2/c14-7-1-2-11(20)17-9-3-5-10(6-4-9)18-13(21)12-15-8-16-19-12/h8-10H,1-7,14H2,(H,17,20)(H,18,21)(H,15,16,19)/t9-,10-. The highest BCUT2D eigenvalue weighted by molar-refractivity contribution is 5.90. The summed E-state index contributed by atoms with van der Waals surface area (Å²) in [4.78, 5) is 26.1. The lowest BCUT2D eigenvalue weighted by molar-refractivity contribution is -0.122. The Balaban J connectivity index is 1.68. The highest BCUT2D eigenvalue weighted by Crippen LogP contribution is 2.19. The van der Waals surface area contributed by atoms with Crippen LogP contribution < -0.4 is 16.4 Å². The molecule has 0 unspecified atom stereocenters. The van der Waals surface area contributed by atoms with Gasteiger partial charge in [-0.15, -0.1) is 10.2 Å². The zero-order chi connectivity index (χ0) is 15.1. The summed E-state index contributed by atoms with van der Waals surface area (Å²) in [5.74, 6) is 0.0599. The Morgan fingerprint density at radius 2 is 1.90 bits per heavy atom. The van der Waals surface area contributed by atoms with Crippen LogP contribution in [0.15, 0.2) is 6.33 Å². The number of aromatic nitrogens is 3. The molecule has 0 spiro atoms. The molecule has 1 aromatic rings. The zero-order valence-electron chi connectivity index (χ0n) is 12.0.